The van der Waals surface area contributed by atoms with Crippen LogP contribution in [0.2, 0.25) is 0 Å². The number of nitrogens with zero attached hydrogens (tertiary/aromatic N) is 4. The topological polar surface area (TPSA) is 53.4 Å². The summed E-state index contributed by atoms with van der Waals surface area (Å²) in [6, 6.07) is 9.13. The van der Waals surface area contributed by atoms with E-state index in [2.05, 4.69) is 10.3 Å². The second-order valence-corrected chi connectivity index (χ2v) is 5.59. The summed E-state index contributed by atoms with van der Waals surface area (Å²) in [5.41, 5.74) is 0.754. The van der Waals surface area contributed by atoms with Gasteiger partial charge in [-0.25, -0.2) is 9.78 Å². The first-order valence-corrected chi connectivity index (χ1v) is 7.76. The second kappa shape index (κ2) is 7.39. The number of halogens is 2. The Morgan fingerprint density at radius 1 is 1.17 bits per heavy atom. The van der Waals surface area contributed by atoms with Crippen LogP contribution in [0.3, 0.4) is 0 Å². The van der Waals surface area contributed by atoms with Gasteiger partial charge in [0, 0.05) is 44.3 Å². The molecule has 1 aliphatic heterocycles. The van der Waals surface area contributed by atoms with Crippen molar-refractivity contribution >= 4 is 11.7 Å². The highest BCUT2D eigenvalue weighted by atomic mass is 19.3. The number of aromatic nitrogens is 2. The van der Waals surface area contributed by atoms with Crippen LogP contribution in [-0.4, -0.2) is 51.6 Å². The van der Waals surface area contributed by atoms with Gasteiger partial charge in [0.2, 0.25) is 0 Å². The van der Waals surface area contributed by atoms with E-state index in [9.17, 15) is 13.6 Å². The second-order valence-electron chi connectivity index (χ2n) is 5.59. The van der Waals surface area contributed by atoms with Crippen molar-refractivity contribution in [3.63, 3.8) is 0 Å². The van der Waals surface area contributed by atoms with E-state index in [1.807, 2.05) is 35.2 Å². The number of anilines is 1. The third-order valence-electron chi connectivity index (χ3n) is 4.01. The van der Waals surface area contributed by atoms with Crippen molar-refractivity contribution in [3.05, 3.63) is 48.5 Å². The summed E-state index contributed by atoms with van der Waals surface area (Å²) in [5, 5.41) is 2.85. The van der Waals surface area contributed by atoms with Crippen molar-refractivity contribution < 1.29 is 13.6 Å². The lowest BCUT2D eigenvalue weighted by atomic mass is 10.3. The molecule has 0 atom stereocenters. The minimum atomic E-state index is -2.58. The summed E-state index contributed by atoms with van der Waals surface area (Å²) in [5.74, 6) is 0.340. The zero-order valence-corrected chi connectivity index (χ0v) is 13.1. The summed E-state index contributed by atoms with van der Waals surface area (Å²) in [4.78, 5) is 20.0. The molecule has 8 heteroatoms. The van der Waals surface area contributed by atoms with Crippen LogP contribution in [0.4, 0.5) is 19.3 Å². The first-order valence-electron chi connectivity index (χ1n) is 7.76. The molecule has 1 aromatic carbocycles. The molecule has 0 unspecified atom stereocenters. The highest BCUT2D eigenvalue weighted by molar-refractivity contribution is 5.89. The van der Waals surface area contributed by atoms with Crippen molar-refractivity contribution in [1.29, 1.82) is 0 Å². The lowest BCUT2D eigenvalue weighted by Crippen LogP contribution is -2.49. The molecule has 0 radical (unpaired) electrons. The van der Waals surface area contributed by atoms with Crippen molar-refractivity contribution in [3.8, 4) is 0 Å². The number of urea groups is 1. The Bertz CT molecular complexity index is 668. The Labute approximate surface area is 138 Å². The lowest BCUT2D eigenvalue weighted by Gasteiger charge is -2.34. The number of para-hydroxylation sites is 1. The van der Waals surface area contributed by atoms with E-state index < -0.39 is 6.55 Å². The summed E-state index contributed by atoms with van der Waals surface area (Å²) in [6.07, 6.45) is 2.66. The standard InChI is InChI=1S/C16H19F2N5O/c17-15(18)23-7-6-19-14(23)12-21-8-10-22(11-9-21)16(24)20-13-4-2-1-3-5-13/h1-7,15H,8-12H2,(H,20,24). The molecule has 1 aliphatic rings. The number of carbonyl (C=O) groups excluding carboxylic acids is 1. The van der Waals surface area contributed by atoms with E-state index in [1.165, 1.54) is 12.4 Å². The molecule has 6 nitrogen and oxygen atoms in total. The number of piperazine rings is 1. The molecule has 1 saturated heterocycles. The van der Waals surface area contributed by atoms with Gasteiger partial charge in [-0.15, -0.1) is 0 Å². The Morgan fingerprint density at radius 2 is 1.88 bits per heavy atom. The van der Waals surface area contributed by atoms with Crippen LogP contribution in [0.15, 0.2) is 42.7 Å². The van der Waals surface area contributed by atoms with Gasteiger partial charge in [-0.3, -0.25) is 9.47 Å². The normalized spacial score (nSPS) is 15.7. The predicted molar refractivity (Wildman–Crippen MR) is 85.8 cm³/mol. The molecular weight excluding hydrogens is 316 g/mol. The van der Waals surface area contributed by atoms with Crippen molar-refractivity contribution in [1.82, 2.24) is 19.4 Å². The van der Waals surface area contributed by atoms with Crippen LogP contribution in [0, 0.1) is 0 Å². The molecule has 1 fully saturated rings. The number of hydrogen-bond acceptors (Lipinski definition) is 3. The smallest absolute Gasteiger partial charge is 0.321 e. The van der Waals surface area contributed by atoms with Crippen LogP contribution < -0.4 is 5.32 Å². The molecule has 0 spiro atoms. The molecule has 3 rings (SSSR count). The zero-order chi connectivity index (χ0) is 16.9. The van der Waals surface area contributed by atoms with Crippen LogP contribution in [-0.2, 0) is 6.54 Å². The Kier molecular flexibility index (Phi) is 5.05. The van der Waals surface area contributed by atoms with E-state index in [0.717, 1.165) is 10.3 Å². The Balaban J connectivity index is 1.50. The highest BCUT2D eigenvalue weighted by Gasteiger charge is 2.23. The minimum Gasteiger partial charge on any atom is -0.322 e. The van der Waals surface area contributed by atoms with E-state index in [4.69, 9.17) is 0 Å². The van der Waals surface area contributed by atoms with Crippen molar-refractivity contribution in [2.24, 2.45) is 0 Å². The molecule has 0 saturated carbocycles. The minimum absolute atomic E-state index is 0.144. The average molecular weight is 335 g/mol. The quantitative estimate of drug-likeness (QED) is 0.934. The summed E-state index contributed by atoms with van der Waals surface area (Å²) in [6.45, 7) is 0.116. The van der Waals surface area contributed by atoms with Gasteiger partial charge in [0.05, 0.1) is 6.54 Å². The number of rotatable bonds is 4. The predicted octanol–water partition coefficient (Wildman–Crippen LogP) is 2.63. The van der Waals surface area contributed by atoms with Crippen LogP contribution in [0.5, 0.6) is 0 Å². The van der Waals surface area contributed by atoms with E-state index >= 15 is 0 Å². The Hall–Kier alpha value is -2.48. The average Bonchev–Trinajstić information content (AvgIpc) is 3.05. The van der Waals surface area contributed by atoms with Gasteiger partial charge in [-0.1, -0.05) is 18.2 Å². The van der Waals surface area contributed by atoms with E-state index in [1.54, 1.807) is 4.90 Å². The lowest BCUT2D eigenvalue weighted by molar-refractivity contribution is 0.0620. The number of alkyl halides is 2. The molecule has 128 valence electrons. The molecule has 1 aromatic heterocycles. The van der Waals surface area contributed by atoms with Gasteiger partial charge in [-0.05, 0) is 12.1 Å². The number of amides is 2. The number of nitrogens with one attached hydrogen (secondary N) is 1. The highest BCUT2D eigenvalue weighted by Crippen LogP contribution is 2.15. The number of benzene rings is 1. The molecule has 2 heterocycles. The fourth-order valence-electron chi connectivity index (χ4n) is 2.68. The number of hydrogen-bond donors (Lipinski definition) is 1. The number of carbonyl (C=O) groups is 1. The SMILES string of the molecule is O=C(Nc1ccccc1)N1CCN(Cc2nccn2C(F)F)CC1. The molecule has 2 aromatic rings. The molecule has 1 N–H and O–H groups in total. The van der Waals surface area contributed by atoms with Gasteiger partial charge >= 0.3 is 12.6 Å². The first kappa shape index (κ1) is 16.4. The van der Waals surface area contributed by atoms with Crippen LogP contribution >= 0.6 is 0 Å². The van der Waals surface area contributed by atoms with Crippen molar-refractivity contribution in [2.75, 3.05) is 31.5 Å². The van der Waals surface area contributed by atoms with Crippen LogP contribution in [0.1, 0.15) is 12.4 Å². The third-order valence-corrected chi connectivity index (χ3v) is 4.01. The monoisotopic (exact) mass is 335 g/mol. The Morgan fingerprint density at radius 3 is 2.54 bits per heavy atom. The molecular formula is C16H19F2N5O. The maximum Gasteiger partial charge on any atom is 0.321 e. The molecule has 2 amide bonds. The summed E-state index contributed by atoms with van der Waals surface area (Å²) in [7, 11) is 0. The maximum absolute atomic E-state index is 12.8. The van der Waals surface area contributed by atoms with Gasteiger partial charge in [-0.2, -0.15) is 8.78 Å². The molecule has 0 bridgehead atoms. The third kappa shape index (κ3) is 3.88. The van der Waals surface area contributed by atoms with E-state index in [0.29, 0.717) is 38.5 Å². The van der Waals surface area contributed by atoms with E-state index in [-0.39, 0.29) is 6.03 Å². The van der Waals surface area contributed by atoms with Gasteiger partial charge < -0.3 is 10.2 Å². The fraction of sp³-hybridized carbons (Fsp3) is 0.375. The largest absolute Gasteiger partial charge is 0.322 e. The number of imidazole rings is 1. The summed E-state index contributed by atoms with van der Waals surface area (Å²) >= 11 is 0. The zero-order valence-electron chi connectivity index (χ0n) is 13.1. The first-order chi connectivity index (χ1) is 11.6. The van der Waals surface area contributed by atoms with Gasteiger partial charge in [0.1, 0.15) is 5.82 Å². The fourth-order valence-corrected chi connectivity index (χ4v) is 2.68. The summed E-state index contributed by atoms with van der Waals surface area (Å²) < 4.78 is 26.5. The van der Waals surface area contributed by atoms with Gasteiger partial charge in [0.25, 0.3) is 0 Å². The molecule has 0 aliphatic carbocycles. The van der Waals surface area contributed by atoms with Gasteiger partial charge in [0.15, 0.2) is 0 Å². The maximum atomic E-state index is 12.8. The molecule has 24 heavy (non-hydrogen) atoms. The van der Waals surface area contributed by atoms with Crippen LogP contribution in [0.25, 0.3) is 0 Å². The van der Waals surface area contributed by atoms with Crippen molar-refractivity contribution in [2.45, 2.75) is 13.1 Å².